The van der Waals surface area contributed by atoms with Gasteiger partial charge in [-0.3, -0.25) is 9.79 Å². The molecule has 138 valence electrons. The minimum absolute atomic E-state index is 0.0534. The van der Waals surface area contributed by atoms with E-state index in [-0.39, 0.29) is 5.91 Å². The summed E-state index contributed by atoms with van der Waals surface area (Å²) in [7, 11) is 3.72. The normalized spacial score (nSPS) is 11.2. The van der Waals surface area contributed by atoms with E-state index in [1.807, 2.05) is 67.4 Å². The molecule has 1 amide bonds. The standard InChI is InChI=1S/C20H25ClN4O/c1-4-23-19(26)16-11-9-15(10-12-16)13-24-20(22-2)25(3)14-17-7-5-6-8-18(17)21/h5-12H,4,13-14H2,1-3H3,(H,22,24)(H,23,26). The first kappa shape index (κ1) is 19.8. The molecule has 2 aromatic rings. The van der Waals surface area contributed by atoms with Crippen LogP contribution >= 0.6 is 11.6 Å². The predicted molar refractivity (Wildman–Crippen MR) is 108 cm³/mol. The first-order chi connectivity index (χ1) is 12.5. The molecule has 6 heteroatoms. The Morgan fingerprint density at radius 1 is 1.12 bits per heavy atom. The average molecular weight is 373 g/mol. The van der Waals surface area contributed by atoms with E-state index in [0.717, 1.165) is 22.1 Å². The average Bonchev–Trinajstić information content (AvgIpc) is 2.65. The van der Waals surface area contributed by atoms with E-state index in [1.165, 1.54) is 0 Å². The molecule has 0 fully saturated rings. The highest BCUT2D eigenvalue weighted by Crippen LogP contribution is 2.16. The number of amides is 1. The number of carbonyl (C=O) groups excluding carboxylic acids is 1. The van der Waals surface area contributed by atoms with Crippen LogP contribution in [0.4, 0.5) is 0 Å². The minimum atomic E-state index is -0.0534. The van der Waals surface area contributed by atoms with Crippen LogP contribution in [0.1, 0.15) is 28.4 Å². The van der Waals surface area contributed by atoms with Gasteiger partial charge in [-0.15, -0.1) is 0 Å². The third-order valence-corrected chi connectivity index (χ3v) is 4.31. The number of benzene rings is 2. The maximum atomic E-state index is 11.8. The molecule has 0 aliphatic heterocycles. The van der Waals surface area contributed by atoms with Gasteiger partial charge in [0, 0.05) is 44.3 Å². The Morgan fingerprint density at radius 3 is 2.42 bits per heavy atom. The van der Waals surface area contributed by atoms with E-state index in [2.05, 4.69) is 15.6 Å². The Morgan fingerprint density at radius 2 is 1.81 bits per heavy atom. The number of carbonyl (C=O) groups is 1. The van der Waals surface area contributed by atoms with Crippen LogP contribution < -0.4 is 10.6 Å². The van der Waals surface area contributed by atoms with E-state index < -0.39 is 0 Å². The molecule has 2 rings (SSSR count). The summed E-state index contributed by atoms with van der Waals surface area (Å²) in [4.78, 5) is 18.1. The molecule has 0 unspecified atom stereocenters. The Hall–Kier alpha value is -2.53. The van der Waals surface area contributed by atoms with Gasteiger partial charge >= 0.3 is 0 Å². The van der Waals surface area contributed by atoms with Crippen molar-refractivity contribution in [2.24, 2.45) is 4.99 Å². The van der Waals surface area contributed by atoms with Crippen molar-refractivity contribution >= 4 is 23.5 Å². The third-order valence-electron chi connectivity index (χ3n) is 3.94. The molecular weight excluding hydrogens is 348 g/mol. The van der Waals surface area contributed by atoms with Crippen molar-refractivity contribution in [3.8, 4) is 0 Å². The number of nitrogens with one attached hydrogen (secondary N) is 2. The highest BCUT2D eigenvalue weighted by Gasteiger charge is 2.09. The lowest BCUT2D eigenvalue weighted by Gasteiger charge is -2.22. The van der Waals surface area contributed by atoms with Gasteiger partial charge < -0.3 is 15.5 Å². The van der Waals surface area contributed by atoms with Crippen molar-refractivity contribution in [1.82, 2.24) is 15.5 Å². The first-order valence-corrected chi connectivity index (χ1v) is 8.95. The van der Waals surface area contributed by atoms with Crippen molar-refractivity contribution in [3.05, 3.63) is 70.2 Å². The van der Waals surface area contributed by atoms with Crippen LogP contribution in [0.2, 0.25) is 5.02 Å². The molecule has 5 nitrogen and oxygen atoms in total. The summed E-state index contributed by atoms with van der Waals surface area (Å²) in [5.41, 5.74) is 2.78. The second-order valence-electron chi connectivity index (χ2n) is 5.90. The van der Waals surface area contributed by atoms with E-state index in [9.17, 15) is 4.79 Å². The Labute approximate surface area is 160 Å². The van der Waals surface area contributed by atoms with Crippen LogP contribution in [-0.4, -0.2) is 37.4 Å². The number of halogens is 1. The van der Waals surface area contributed by atoms with E-state index in [0.29, 0.717) is 25.2 Å². The van der Waals surface area contributed by atoms with E-state index >= 15 is 0 Å². The Balaban J connectivity index is 1.94. The predicted octanol–water partition coefficient (Wildman–Crippen LogP) is 3.30. The zero-order valence-corrected chi connectivity index (χ0v) is 16.2. The fourth-order valence-corrected chi connectivity index (χ4v) is 2.75. The largest absolute Gasteiger partial charge is 0.352 e. The summed E-state index contributed by atoms with van der Waals surface area (Å²) >= 11 is 6.23. The van der Waals surface area contributed by atoms with Crippen LogP contribution in [-0.2, 0) is 13.1 Å². The summed E-state index contributed by atoms with van der Waals surface area (Å²) in [6.45, 7) is 3.81. The Kier molecular flexibility index (Phi) is 7.48. The van der Waals surface area contributed by atoms with Crippen molar-refractivity contribution < 1.29 is 4.79 Å². The van der Waals surface area contributed by atoms with Crippen LogP contribution in [0.3, 0.4) is 0 Å². The van der Waals surface area contributed by atoms with Gasteiger partial charge in [-0.2, -0.15) is 0 Å². The zero-order chi connectivity index (χ0) is 18.9. The molecule has 0 radical (unpaired) electrons. The van der Waals surface area contributed by atoms with Crippen molar-refractivity contribution in [3.63, 3.8) is 0 Å². The fraction of sp³-hybridized carbons (Fsp3) is 0.300. The molecular formula is C20H25ClN4O. The molecule has 26 heavy (non-hydrogen) atoms. The number of rotatable bonds is 6. The quantitative estimate of drug-likeness (QED) is 0.604. The zero-order valence-electron chi connectivity index (χ0n) is 15.4. The lowest BCUT2D eigenvalue weighted by Crippen LogP contribution is -2.38. The molecule has 0 saturated carbocycles. The van der Waals surface area contributed by atoms with Gasteiger partial charge in [-0.25, -0.2) is 0 Å². The lowest BCUT2D eigenvalue weighted by molar-refractivity contribution is 0.0956. The number of hydrogen-bond acceptors (Lipinski definition) is 2. The maximum Gasteiger partial charge on any atom is 0.251 e. The first-order valence-electron chi connectivity index (χ1n) is 8.57. The van der Waals surface area contributed by atoms with Crippen molar-refractivity contribution in [1.29, 1.82) is 0 Å². The summed E-state index contributed by atoms with van der Waals surface area (Å²) in [6, 6.07) is 15.3. The minimum Gasteiger partial charge on any atom is -0.352 e. The smallest absolute Gasteiger partial charge is 0.251 e. The number of nitrogens with zero attached hydrogens (tertiary/aromatic N) is 2. The molecule has 0 heterocycles. The molecule has 0 bridgehead atoms. The van der Waals surface area contributed by atoms with Crippen molar-refractivity contribution in [2.75, 3.05) is 20.6 Å². The summed E-state index contributed by atoms with van der Waals surface area (Å²) in [5.74, 6) is 0.722. The van der Waals surface area contributed by atoms with Gasteiger partial charge in [0.25, 0.3) is 5.91 Å². The molecule has 0 saturated heterocycles. The lowest BCUT2D eigenvalue weighted by atomic mass is 10.1. The van der Waals surface area contributed by atoms with Crippen molar-refractivity contribution in [2.45, 2.75) is 20.0 Å². The number of aliphatic imine (C=N–C) groups is 1. The van der Waals surface area contributed by atoms with Gasteiger partial charge in [0.05, 0.1) is 0 Å². The molecule has 0 aromatic heterocycles. The topological polar surface area (TPSA) is 56.7 Å². The van der Waals surface area contributed by atoms with E-state index in [4.69, 9.17) is 11.6 Å². The van der Waals surface area contributed by atoms with Gasteiger partial charge in [0.2, 0.25) is 0 Å². The molecule has 0 spiro atoms. The highest BCUT2D eigenvalue weighted by molar-refractivity contribution is 6.31. The molecule has 0 atom stereocenters. The monoisotopic (exact) mass is 372 g/mol. The molecule has 0 aliphatic carbocycles. The fourth-order valence-electron chi connectivity index (χ4n) is 2.56. The second-order valence-corrected chi connectivity index (χ2v) is 6.31. The number of hydrogen-bond donors (Lipinski definition) is 2. The third kappa shape index (κ3) is 5.49. The molecule has 0 aliphatic rings. The SMILES string of the molecule is CCNC(=O)c1ccc(CNC(=NC)N(C)Cc2ccccc2Cl)cc1. The van der Waals surface area contributed by atoms with Gasteiger partial charge in [-0.05, 0) is 36.2 Å². The molecule has 2 aromatic carbocycles. The summed E-state index contributed by atoms with van der Waals surface area (Å²) < 4.78 is 0. The number of guanidine groups is 1. The maximum absolute atomic E-state index is 11.8. The van der Waals surface area contributed by atoms with Crippen LogP contribution in [0, 0.1) is 0 Å². The summed E-state index contributed by atoms with van der Waals surface area (Å²) in [5, 5.41) is 6.87. The summed E-state index contributed by atoms with van der Waals surface area (Å²) in [6.07, 6.45) is 0. The van der Waals surface area contributed by atoms with Gasteiger partial charge in [0.15, 0.2) is 5.96 Å². The van der Waals surface area contributed by atoms with Gasteiger partial charge in [-0.1, -0.05) is 41.9 Å². The highest BCUT2D eigenvalue weighted by atomic mass is 35.5. The Bertz CT molecular complexity index is 759. The van der Waals surface area contributed by atoms with Gasteiger partial charge in [0.1, 0.15) is 0 Å². The van der Waals surface area contributed by atoms with Crippen LogP contribution in [0.5, 0.6) is 0 Å². The van der Waals surface area contributed by atoms with E-state index in [1.54, 1.807) is 7.05 Å². The second kappa shape index (κ2) is 9.82. The van der Waals surface area contributed by atoms with Crippen LogP contribution in [0.25, 0.3) is 0 Å². The van der Waals surface area contributed by atoms with Crippen LogP contribution in [0.15, 0.2) is 53.5 Å². The molecule has 2 N–H and O–H groups in total.